The van der Waals surface area contributed by atoms with Crippen LogP contribution in [0.1, 0.15) is 19.8 Å². The minimum atomic E-state index is -4.07. The summed E-state index contributed by atoms with van der Waals surface area (Å²) in [6, 6.07) is 0.00840. The fourth-order valence-corrected chi connectivity index (χ4v) is 1.87. The third kappa shape index (κ3) is 9.98. The van der Waals surface area contributed by atoms with Crippen LogP contribution in [0.5, 0.6) is 0 Å². The van der Waals surface area contributed by atoms with E-state index in [0.29, 0.717) is 12.3 Å². The smallest absolute Gasteiger partial charge is 0.313 e. The van der Waals surface area contributed by atoms with Crippen molar-refractivity contribution >= 4 is 10.8 Å². The summed E-state index contributed by atoms with van der Waals surface area (Å²) in [5.74, 6) is 0.478. The van der Waals surface area contributed by atoms with E-state index in [1.165, 1.54) is 0 Å². The van der Waals surface area contributed by atoms with E-state index in [0.717, 1.165) is 0 Å². The fourth-order valence-electron chi connectivity index (χ4n) is 1.05. The molecule has 0 aliphatic carbocycles. The maximum Gasteiger partial charge on any atom is 0.389 e. The van der Waals surface area contributed by atoms with Gasteiger partial charge in [0.15, 0.2) is 0 Å². The Morgan fingerprint density at radius 1 is 1.43 bits per heavy atom. The largest absolute Gasteiger partial charge is 0.389 e. The van der Waals surface area contributed by atoms with Gasteiger partial charge in [0.05, 0.1) is 0 Å². The van der Waals surface area contributed by atoms with Crippen molar-refractivity contribution in [2.75, 3.05) is 18.6 Å². The molecule has 0 aliphatic heterocycles. The first-order chi connectivity index (χ1) is 6.31. The molecular weight excluding hydrogens is 215 g/mol. The second-order valence-corrected chi connectivity index (χ2v) is 4.79. The molecule has 2 nitrogen and oxygen atoms in total. The molecule has 1 N–H and O–H groups in total. The molecule has 0 saturated heterocycles. The van der Waals surface area contributed by atoms with Crippen molar-refractivity contribution in [1.82, 2.24) is 5.32 Å². The zero-order valence-corrected chi connectivity index (χ0v) is 9.17. The summed E-state index contributed by atoms with van der Waals surface area (Å²) < 4.78 is 45.9. The van der Waals surface area contributed by atoms with Crippen LogP contribution >= 0.6 is 0 Å². The molecule has 0 heterocycles. The number of alkyl halides is 3. The highest BCUT2D eigenvalue weighted by Crippen LogP contribution is 2.20. The van der Waals surface area contributed by atoms with Crippen molar-refractivity contribution in [3.05, 3.63) is 0 Å². The fraction of sp³-hybridized carbons (Fsp3) is 1.00. The molecule has 0 fully saturated rings. The summed E-state index contributed by atoms with van der Waals surface area (Å²) in [7, 11) is -0.903. The lowest BCUT2D eigenvalue weighted by Gasteiger charge is -2.12. The van der Waals surface area contributed by atoms with Crippen molar-refractivity contribution in [3.8, 4) is 0 Å². The maximum atomic E-state index is 11.7. The first-order valence-electron chi connectivity index (χ1n) is 4.41. The lowest BCUT2D eigenvalue weighted by Crippen LogP contribution is -2.32. The van der Waals surface area contributed by atoms with E-state index in [1.807, 2.05) is 6.92 Å². The Morgan fingerprint density at radius 2 is 2.00 bits per heavy atom. The average Bonchev–Trinajstić information content (AvgIpc) is 1.95. The molecule has 0 aliphatic rings. The third-order valence-corrected chi connectivity index (χ3v) is 2.58. The van der Waals surface area contributed by atoms with Crippen molar-refractivity contribution in [1.29, 1.82) is 0 Å². The number of halogens is 3. The molecule has 0 spiro atoms. The van der Waals surface area contributed by atoms with Gasteiger partial charge < -0.3 is 5.32 Å². The van der Waals surface area contributed by atoms with Crippen molar-refractivity contribution in [3.63, 3.8) is 0 Å². The number of nitrogens with one attached hydrogen (secondary N) is 1. The van der Waals surface area contributed by atoms with E-state index < -0.39 is 23.4 Å². The molecule has 14 heavy (non-hydrogen) atoms. The van der Waals surface area contributed by atoms with Crippen LogP contribution in [0.2, 0.25) is 0 Å². The van der Waals surface area contributed by atoms with E-state index in [1.54, 1.807) is 6.26 Å². The highest BCUT2D eigenvalue weighted by molar-refractivity contribution is 7.84. The van der Waals surface area contributed by atoms with Crippen molar-refractivity contribution < 1.29 is 17.4 Å². The molecule has 0 bridgehead atoms. The predicted molar refractivity (Wildman–Crippen MR) is 51.7 cm³/mol. The SMILES string of the molecule is CC(CS(C)=O)NCCCC(F)(F)F. The lowest BCUT2D eigenvalue weighted by atomic mass is 10.3. The molecule has 2 unspecified atom stereocenters. The normalized spacial score (nSPS) is 16.6. The minimum Gasteiger partial charge on any atom is -0.313 e. The molecule has 0 saturated carbocycles. The van der Waals surface area contributed by atoms with E-state index >= 15 is 0 Å². The Hall–Kier alpha value is -0.100. The van der Waals surface area contributed by atoms with E-state index in [-0.39, 0.29) is 12.5 Å². The van der Waals surface area contributed by atoms with Crippen LogP contribution in [0, 0.1) is 0 Å². The summed E-state index contributed by atoms with van der Waals surface area (Å²) in [5, 5.41) is 2.89. The zero-order chi connectivity index (χ0) is 11.2. The lowest BCUT2D eigenvalue weighted by molar-refractivity contribution is -0.135. The number of hydrogen-bond donors (Lipinski definition) is 1. The molecule has 86 valence electrons. The first-order valence-corrected chi connectivity index (χ1v) is 6.14. The Balaban J connectivity index is 3.41. The molecular formula is C8H16F3NOS. The quantitative estimate of drug-likeness (QED) is 0.705. The van der Waals surface area contributed by atoms with Gasteiger partial charge in [0.25, 0.3) is 0 Å². The molecule has 0 amide bonds. The molecule has 0 aromatic carbocycles. The highest BCUT2D eigenvalue weighted by atomic mass is 32.2. The van der Waals surface area contributed by atoms with Crippen molar-refractivity contribution in [2.24, 2.45) is 0 Å². The van der Waals surface area contributed by atoms with Gasteiger partial charge >= 0.3 is 6.18 Å². The second kappa shape index (κ2) is 6.40. The van der Waals surface area contributed by atoms with E-state index in [9.17, 15) is 17.4 Å². The van der Waals surface area contributed by atoms with Gasteiger partial charge in [-0.15, -0.1) is 0 Å². The molecule has 0 radical (unpaired) electrons. The monoisotopic (exact) mass is 231 g/mol. The average molecular weight is 231 g/mol. The summed E-state index contributed by atoms with van der Waals surface area (Å²) in [6.45, 7) is 2.13. The van der Waals surface area contributed by atoms with Gasteiger partial charge in [-0.2, -0.15) is 13.2 Å². The van der Waals surface area contributed by atoms with Crippen LogP contribution in [0.4, 0.5) is 13.2 Å². The predicted octanol–water partition coefficient (Wildman–Crippen LogP) is 1.69. The van der Waals surface area contributed by atoms with Gasteiger partial charge in [-0.05, 0) is 19.9 Å². The molecule has 0 rings (SSSR count). The Morgan fingerprint density at radius 3 is 2.43 bits per heavy atom. The van der Waals surface area contributed by atoms with Crippen LogP contribution in [-0.4, -0.2) is 35.0 Å². The maximum absolute atomic E-state index is 11.7. The summed E-state index contributed by atoms with van der Waals surface area (Å²) in [5.41, 5.74) is 0. The molecule has 0 aromatic heterocycles. The first kappa shape index (κ1) is 13.9. The highest BCUT2D eigenvalue weighted by Gasteiger charge is 2.25. The van der Waals surface area contributed by atoms with Crippen LogP contribution in [-0.2, 0) is 10.8 Å². The standard InChI is InChI=1S/C8H16F3NOS/c1-7(6-14(2)13)12-5-3-4-8(9,10)11/h7,12H,3-6H2,1-2H3. The number of rotatable bonds is 6. The van der Waals surface area contributed by atoms with E-state index in [4.69, 9.17) is 0 Å². The summed E-state index contributed by atoms with van der Waals surface area (Å²) >= 11 is 0. The van der Waals surface area contributed by atoms with Gasteiger partial charge in [-0.1, -0.05) is 0 Å². The van der Waals surface area contributed by atoms with Gasteiger partial charge in [0, 0.05) is 35.3 Å². The Labute approximate surface area is 84.7 Å². The summed E-state index contributed by atoms with van der Waals surface area (Å²) in [6.07, 6.45) is -3.18. The molecule has 0 aromatic rings. The zero-order valence-electron chi connectivity index (χ0n) is 8.36. The van der Waals surface area contributed by atoms with Gasteiger partial charge in [-0.3, -0.25) is 4.21 Å². The van der Waals surface area contributed by atoms with Gasteiger partial charge in [0.1, 0.15) is 0 Å². The number of hydrogen-bond acceptors (Lipinski definition) is 2. The second-order valence-electron chi connectivity index (χ2n) is 3.31. The van der Waals surface area contributed by atoms with Crippen molar-refractivity contribution in [2.45, 2.75) is 32.0 Å². The van der Waals surface area contributed by atoms with Crippen LogP contribution in [0.15, 0.2) is 0 Å². The molecule has 2 atom stereocenters. The topological polar surface area (TPSA) is 29.1 Å². The third-order valence-electron chi connectivity index (χ3n) is 1.61. The summed E-state index contributed by atoms with van der Waals surface area (Å²) in [4.78, 5) is 0. The van der Waals surface area contributed by atoms with Crippen LogP contribution in [0.3, 0.4) is 0 Å². The van der Waals surface area contributed by atoms with Crippen LogP contribution < -0.4 is 5.32 Å². The Kier molecular flexibility index (Phi) is 6.35. The minimum absolute atomic E-state index is 0.00840. The Bertz CT molecular complexity index is 184. The van der Waals surface area contributed by atoms with Gasteiger partial charge in [-0.25, -0.2) is 0 Å². The molecule has 6 heteroatoms. The van der Waals surface area contributed by atoms with E-state index in [2.05, 4.69) is 5.32 Å². The van der Waals surface area contributed by atoms with Crippen LogP contribution in [0.25, 0.3) is 0 Å². The van der Waals surface area contributed by atoms with Gasteiger partial charge in [0.2, 0.25) is 0 Å².